The van der Waals surface area contributed by atoms with E-state index in [2.05, 4.69) is 29.4 Å². The first kappa shape index (κ1) is 9.96. The molecule has 0 aromatic heterocycles. The van der Waals surface area contributed by atoms with Crippen LogP contribution >= 0.6 is 0 Å². The van der Waals surface area contributed by atoms with E-state index >= 15 is 0 Å². The maximum Gasteiger partial charge on any atom is 0.0568 e. The zero-order valence-electron chi connectivity index (χ0n) is 8.27. The molecule has 0 spiro atoms. The lowest BCUT2D eigenvalue weighted by Crippen LogP contribution is -2.52. The summed E-state index contributed by atoms with van der Waals surface area (Å²) in [6.07, 6.45) is 1.77. The summed E-state index contributed by atoms with van der Waals surface area (Å²) in [5.41, 5.74) is 0. The van der Waals surface area contributed by atoms with Crippen molar-refractivity contribution in [2.24, 2.45) is 0 Å². The van der Waals surface area contributed by atoms with Gasteiger partial charge >= 0.3 is 0 Å². The van der Waals surface area contributed by atoms with Crippen LogP contribution in [0.25, 0.3) is 0 Å². The average molecular weight is 171 g/mol. The van der Waals surface area contributed by atoms with Gasteiger partial charge in [0.25, 0.3) is 0 Å². The summed E-state index contributed by atoms with van der Waals surface area (Å²) in [6.45, 7) is 10.2. The van der Waals surface area contributed by atoms with Gasteiger partial charge in [0.1, 0.15) is 0 Å². The van der Waals surface area contributed by atoms with Gasteiger partial charge < -0.3 is 10.6 Å². The van der Waals surface area contributed by atoms with E-state index in [1.165, 1.54) is 19.5 Å². The second-order valence-corrected chi connectivity index (χ2v) is 3.42. The molecule has 0 aromatic rings. The molecular formula is C9H21N3. The SMILES string of the molecule is CCCNC(C)N1CCNCC1. The molecule has 2 N–H and O–H groups in total. The van der Waals surface area contributed by atoms with Gasteiger partial charge in [-0.05, 0) is 19.9 Å². The Balaban J connectivity index is 2.15. The Bertz CT molecular complexity index is 110. The van der Waals surface area contributed by atoms with E-state index in [4.69, 9.17) is 0 Å². The van der Waals surface area contributed by atoms with Crippen molar-refractivity contribution in [2.45, 2.75) is 26.4 Å². The van der Waals surface area contributed by atoms with Gasteiger partial charge in [-0.2, -0.15) is 0 Å². The third kappa shape index (κ3) is 3.09. The van der Waals surface area contributed by atoms with Crippen LogP contribution in [0.3, 0.4) is 0 Å². The van der Waals surface area contributed by atoms with Crippen LogP contribution in [0.15, 0.2) is 0 Å². The Hall–Kier alpha value is -0.120. The van der Waals surface area contributed by atoms with E-state index in [0.717, 1.165) is 19.6 Å². The van der Waals surface area contributed by atoms with Crippen molar-refractivity contribution in [1.82, 2.24) is 15.5 Å². The second-order valence-electron chi connectivity index (χ2n) is 3.42. The van der Waals surface area contributed by atoms with Crippen LogP contribution in [-0.2, 0) is 0 Å². The molecule has 1 fully saturated rings. The summed E-state index contributed by atoms with van der Waals surface area (Å²) in [5, 5.41) is 6.86. The van der Waals surface area contributed by atoms with Crippen LogP contribution < -0.4 is 10.6 Å². The third-order valence-corrected chi connectivity index (χ3v) is 2.39. The van der Waals surface area contributed by atoms with Crippen molar-refractivity contribution in [3.05, 3.63) is 0 Å². The first-order valence-electron chi connectivity index (χ1n) is 5.02. The first-order chi connectivity index (χ1) is 5.84. The lowest BCUT2D eigenvalue weighted by atomic mass is 10.3. The van der Waals surface area contributed by atoms with Crippen molar-refractivity contribution in [3.63, 3.8) is 0 Å². The molecule has 0 saturated carbocycles. The van der Waals surface area contributed by atoms with Gasteiger partial charge in [-0.1, -0.05) is 6.92 Å². The maximum absolute atomic E-state index is 3.50. The van der Waals surface area contributed by atoms with Crippen LogP contribution in [-0.4, -0.2) is 43.8 Å². The van der Waals surface area contributed by atoms with Gasteiger partial charge in [-0.15, -0.1) is 0 Å². The average Bonchev–Trinajstić information content (AvgIpc) is 2.15. The normalized spacial score (nSPS) is 22.5. The minimum Gasteiger partial charge on any atom is -0.314 e. The molecule has 0 aromatic carbocycles. The predicted molar refractivity (Wildman–Crippen MR) is 52.2 cm³/mol. The number of nitrogens with zero attached hydrogens (tertiary/aromatic N) is 1. The minimum absolute atomic E-state index is 0.548. The highest BCUT2D eigenvalue weighted by molar-refractivity contribution is 4.71. The van der Waals surface area contributed by atoms with Crippen LogP contribution in [0, 0.1) is 0 Å². The monoisotopic (exact) mass is 171 g/mol. The molecule has 1 atom stereocenters. The molecule has 1 aliphatic heterocycles. The summed E-state index contributed by atoms with van der Waals surface area (Å²) in [6, 6.07) is 0. The number of rotatable bonds is 4. The van der Waals surface area contributed by atoms with Gasteiger partial charge in [0, 0.05) is 26.2 Å². The molecule has 1 heterocycles. The summed E-state index contributed by atoms with van der Waals surface area (Å²) in [7, 11) is 0. The van der Waals surface area contributed by atoms with E-state index < -0.39 is 0 Å². The summed E-state index contributed by atoms with van der Waals surface area (Å²) in [4.78, 5) is 2.49. The first-order valence-corrected chi connectivity index (χ1v) is 5.02. The van der Waals surface area contributed by atoms with E-state index in [-0.39, 0.29) is 0 Å². The second kappa shape index (κ2) is 5.51. The molecule has 3 nitrogen and oxygen atoms in total. The Morgan fingerprint density at radius 3 is 2.67 bits per heavy atom. The molecule has 1 saturated heterocycles. The molecule has 3 heteroatoms. The van der Waals surface area contributed by atoms with Crippen LogP contribution in [0.2, 0.25) is 0 Å². The predicted octanol–water partition coefficient (Wildman–Crippen LogP) is 0.237. The standard InChI is InChI=1S/C9H21N3/c1-3-4-11-9(2)12-7-5-10-6-8-12/h9-11H,3-8H2,1-2H3. The molecule has 1 aliphatic rings. The van der Waals surface area contributed by atoms with Gasteiger partial charge in [-0.25, -0.2) is 0 Å². The number of hydrogen-bond donors (Lipinski definition) is 2. The molecule has 0 aliphatic carbocycles. The number of piperazine rings is 1. The Morgan fingerprint density at radius 2 is 2.08 bits per heavy atom. The van der Waals surface area contributed by atoms with E-state index in [1.807, 2.05) is 0 Å². The van der Waals surface area contributed by atoms with Gasteiger partial charge in [0.2, 0.25) is 0 Å². The highest BCUT2D eigenvalue weighted by Crippen LogP contribution is 1.97. The largest absolute Gasteiger partial charge is 0.314 e. The van der Waals surface area contributed by atoms with Gasteiger partial charge in [0.05, 0.1) is 6.17 Å². The van der Waals surface area contributed by atoms with Crippen LogP contribution in [0.1, 0.15) is 20.3 Å². The summed E-state index contributed by atoms with van der Waals surface area (Å²) in [5.74, 6) is 0. The smallest absolute Gasteiger partial charge is 0.0568 e. The number of hydrogen-bond acceptors (Lipinski definition) is 3. The van der Waals surface area contributed by atoms with E-state index in [9.17, 15) is 0 Å². The molecule has 0 amide bonds. The molecular weight excluding hydrogens is 150 g/mol. The Kier molecular flexibility index (Phi) is 4.58. The number of nitrogens with one attached hydrogen (secondary N) is 2. The van der Waals surface area contributed by atoms with Crippen molar-refractivity contribution in [3.8, 4) is 0 Å². The minimum atomic E-state index is 0.548. The van der Waals surface area contributed by atoms with E-state index in [1.54, 1.807) is 0 Å². The summed E-state index contributed by atoms with van der Waals surface area (Å²) >= 11 is 0. The highest BCUT2D eigenvalue weighted by atomic mass is 15.3. The molecule has 72 valence electrons. The molecule has 1 rings (SSSR count). The Morgan fingerprint density at radius 1 is 1.42 bits per heavy atom. The van der Waals surface area contributed by atoms with Crippen molar-refractivity contribution in [2.75, 3.05) is 32.7 Å². The van der Waals surface area contributed by atoms with E-state index in [0.29, 0.717) is 6.17 Å². The highest BCUT2D eigenvalue weighted by Gasteiger charge is 2.14. The van der Waals surface area contributed by atoms with Gasteiger partial charge in [0.15, 0.2) is 0 Å². The molecule has 0 radical (unpaired) electrons. The van der Waals surface area contributed by atoms with Crippen LogP contribution in [0.5, 0.6) is 0 Å². The molecule has 0 bridgehead atoms. The fraction of sp³-hybridized carbons (Fsp3) is 1.00. The maximum atomic E-state index is 3.50. The Labute approximate surface area is 75.5 Å². The topological polar surface area (TPSA) is 27.3 Å². The van der Waals surface area contributed by atoms with Crippen molar-refractivity contribution in [1.29, 1.82) is 0 Å². The third-order valence-electron chi connectivity index (χ3n) is 2.39. The van der Waals surface area contributed by atoms with Crippen molar-refractivity contribution >= 4 is 0 Å². The van der Waals surface area contributed by atoms with Crippen LogP contribution in [0.4, 0.5) is 0 Å². The van der Waals surface area contributed by atoms with Gasteiger partial charge in [-0.3, -0.25) is 4.90 Å². The quantitative estimate of drug-likeness (QED) is 0.634. The molecule has 1 unspecified atom stereocenters. The lowest BCUT2D eigenvalue weighted by Gasteiger charge is -2.33. The van der Waals surface area contributed by atoms with Crippen molar-refractivity contribution < 1.29 is 0 Å². The summed E-state index contributed by atoms with van der Waals surface area (Å²) < 4.78 is 0. The molecule has 12 heavy (non-hydrogen) atoms. The zero-order chi connectivity index (χ0) is 8.81. The fourth-order valence-corrected chi connectivity index (χ4v) is 1.55. The zero-order valence-corrected chi connectivity index (χ0v) is 8.27. The lowest BCUT2D eigenvalue weighted by molar-refractivity contribution is 0.158. The fourth-order valence-electron chi connectivity index (χ4n) is 1.55.